The molecule has 2 N–H and O–H groups in total. The van der Waals surface area contributed by atoms with Crippen LogP contribution in [0.2, 0.25) is 15.1 Å². The zero-order valence-electron chi connectivity index (χ0n) is 13.0. The zero-order chi connectivity index (χ0) is 17.7. The highest BCUT2D eigenvalue weighted by atomic mass is 35.5. The second-order valence-electron chi connectivity index (χ2n) is 4.71. The molecule has 0 aliphatic rings. The zero-order valence-corrected chi connectivity index (χ0v) is 15.2. The summed E-state index contributed by atoms with van der Waals surface area (Å²) in [5, 5.41) is 7.03. The molecule has 0 unspecified atom stereocenters. The van der Waals surface area contributed by atoms with Crippen LogP contribution in [0.3, 0.4) is 0 Å². The molecule has 0 bridgehead atoms. The molecule has 128 valence electrons. The molecule has 0 aliphatic carbocycles. The number of nitrogens with one attached hydrogen (secondary N) is 2. The van der Waals surface area contributed by atoms with Gasteiger partial charge in [0.2, 0.25) is 5.91 Å². The molecule has 2 aromatic rings. The first-order valence-corrected chi connectivity index (χ1v) is 7.98. The highest BCUT2D eigenvalue weighted by Gasteiger charge is 2.13. The van der Waals surface area contributed by atoms with Crippen molar-refractivity contribution in [1.29, 1.82) is 0 Å². The van der Waals surface area contributed by atoms with Crippen LogP contribution >= 0.6 is 34.8 Å². The van der Waals surface area contributed by atoms with Crippen molar-refractivity contribution in [3.8, 4) is 11.5 Å². The number of halogens is 3. The molecular formula is C16H15Cl3N2O3. The van der Waals surface area contributed by atoms with Crippen molar-refractivity contribution in [1.82, 2.24) is 0 Å². The topological polar surface area (TPSA) is 59.6 Å². The van der Waals surface area contributed by atoms with Crippen molar-refractivity contribution in [2.75, 3.05) is 31.4 Å². The van der Waals surface area contributed by atoms with E-state index in [4.69, 9.17) is 44.3 Å². The Kier molecular flexibility index (Phi) is 6.43. The van der Waals surface area contributed by atoms with Crippen molar-refractivity contribution < 1.29 is 14.3 Å². The van der Waals surface area contributed by atoms with E-state index in [0.717, 1.165) is 0 Å². The van der Waals surface area contributed by atoms with Gasteiger partial charge in [-0.05, 0) is 18.2 Å². The first-order chi connectivity index (χ1) is 11.4. The van der Waals surface area contributed by atoms with E-state index in [9.17, 15) is 4.79 Å². The molecule has 0 spiro atoms. The summed E-state index contributed by atoms with van der Waals surface area (Å²) in [6.07, 6.45) is 0. The third-order valence-corrected chi connectivity index (χ3v) is 3.98. The second-order valence-corrected chi connectivity index (χ2v) is 5.96. The summed E-state index contributed by atoms with van der Waals surface area (Å²) in [4.78, 5) is 12.2. The van der Waals surface area contributed by atoms with Crippen molar-refractivity contribution >= 4 is 52.1 Å². The molecule has 0 atom stereocenters. The summed E-state index contributed by atoms with van der Waals surface area (Å²) >= 11 is 18.0. The molecule has 8 heteroatoms. The Labute approximate surface area is 154 Å². The van der Waals surface area contributed by atoms with E-state index in [1.807, 2.05) is 0 Å². The van der Waals surface area contributed by atoms with E-state index in [1.165, 1.54) is 14.2 Å². The Bertz CT molecular complexity index is 754. The molecule has 5 nitrogen and oxygen atoms in total. The fraction of sp³-hybridized carbons (Fsp3) is 0.188. The Balaban J connectivity index is 2.08. The summed E-state index contributed by atoms with van der Waals surface area (Å²) in [6.45, 7) is -0.00580. The number of amides is 1. The minimum atomic E-state index is -0.297. The molecular weight excluding hydrogens is 375 g/mol. The Morgan fingerprint density at radius 2 is 1.67 bits per heavy atom. The van der Waals surface area contributed by atoms with Crippen LogP contribution in [0.4, 0.5) is 11.4 Å². The number of hydrogen-bond donors (Lipinski definition) is 2. The maximum absolute atomic E-state index is 12.2. The number of methoxy groups -OCH3 is 2. The lowest BCUT2D eigenvalue weighted by molar-refractivity contribution is -0.114. The number of benzene rings is 2. The number of rotatable bonds is 6. The summed E-state index contributed by atoms with van der Waals surface area (Å²) in [5.41, 5.74) is 1.02. The molecule has 0 aliphatic heterocycles. The maximum Gasteiger partial charge on any atom is 0.243 e. The lowest BCUT2D eigenvalue weighted by atomic mass is 10.2. The molecule has 2 rings (SSSR count). The minimum absolute atomic E-state index is 0.00580. The predicted octanol–water partition coefficient (Wildman–Crippen LogP) is 4.71. The largest absolute Gasteiger partial charge is 0.495 e. The molecule has 0 fully saturated rings. The van der Waals surface area contributed by atoms with Gasteiger partial charge in [0.1, 0.15) is 11.5 Å². The van der Waals surface area contributed by atoms with Gasteiger partial charge in [-0.15, -0.1) is 0 Å². The van der Waals surface area contributed by atoms with Crippen LogP contribution in [0.25, 0.3) is 0 Å². The lowest BCUT2D eigenvalue weighted by Crippen LogP contribution is -2.22. The first-order valence-electron chi connectivity index (χ1n) is 6.85. The highest BCUT2D eigenvalue weighted by Crippen LogP contribution is 2.35. The minimum Gasteiger partial charge on any atom is -0.495 e. The maximum atomic E-state index is 12.2. The van der Waals surface area contributed by atoms with Gasteiger partial charge in [-0.3, -0.25) is 4.79 Å². The molecule has 0 heterocycles. The van der Waals surface area contributed by atoms with Crippen LogP contribution in [-0.2, 0) is 4.79 Å². The van der Waals surface area contributed by atoms with E-state index in [1.54, 1.807) is 30.3 Å². The Hall–Kier alpha value is -1.82. The van der Waals surface area contributed by atoms with Crippen LogP contribution in [0.15, 0.2) is 30.3 Å². The smallest absolute Gasteiger partial charge is 0.243 e. The first kappa shape index (κ1) is 18.5. The number of anilines is 2. The lowest BCUT2D eigenvalue weighted by Gasteiger charge is -2.14. The third kappa shape index (κ3) is 4.60. The Morgan fingerprint density at radius 3 is 2.33 bits per heavy atom. The fourth-order valence-electron chi connectivity index (χ4n) is 1.96. The van der Waals surface area contributed by atoms with Gasteiger partial charge in [0, 0.05) is 17.2 Å². The summed E-state index contributed by atoms with van der Waals surface area (Å²) in [6, 6.07) is 8.11. The molecule has 1 amide bonds. The highest BCUT2D eigenvalue weighted by molar-refractivity contribution is 6.35. The number of ether oxygens (including phenoxy) is 2. The average molecular weight is 390 g/mol. The van der Waals surface area contributed by atoms with Crippen molar-refractivity contribution in [3.05, 3.63) is 45.4 Å². The van der Waals surface area contributed by atoms with Gasteiger partial charge in [0.05, 0.1) is 42.2 Å². The molecule has 0 saturated carbocycles. The van der Waals surface area contributed by atoms with Crippen molar-refractivity contribution in [2.24, 2.45) is 0 Å². The van der Waals surface area contributed by atoms with Crippen LogP contribution in [-0.4, -0.2) is 26.7 Å². The summed E-state index contributed by atoms with van der Waals surface area (Å²) in [7, 11) is 2.97. The third-order valence-electron chi connectivity index (χ3n) is 3.12. The van der Waals surface area contributed by atoms with Gasteiger partial charge >= 0.3 is 0 Å². The van der Waals surface area contributed by atoms with Gasteiger partial charge in [-0.2, -0.15) is 0 Å². The van der Waals surface area contributed by atoms with Gasteiger partial charge in [0.15, 0.2) is 0 Å². The predicted molar refractivity (Wildman–Crippen MR) is 98.1 cm³/mol. The standard InChI is InChI=1S/C16H15Cl3N2O3/c1-23-14-7-13(15(24-2)6-11(14)19)21-16(22)8-20-12-5-9(17)3-4-10(12)18/h3-7,20H,8H2,1-2H3,(H,21,22). The van der Waals surface area contributed by atoms with Crippen LogP contribution in [0.1, 0.15) is 0 Å². The van der Waals surface area contributed by atoms with E-state index in [0.29, 0.717) is 37.9 Å². The normalized spacial score (nSPS) is 10.2. The van der Waals surface area contributed by atoms with Crippen LogP contribution in [0, 0.1) is 0 Å². The van der Waals surface area contributed by atoms with E-state index in [-0.39, 0.29) is 12.5 Å². The van der Waals surface area contributed by atoms with Crippen LogP contribution < -0.4 is 20.1 Å². The monoisotopic (exact) mass is 388 g/mol. The fourth-order valence-corrected chi connectivity index (χ4v) is 2.55. The quantitative estimate of drug-likeness (QED) is 0.751. The number of carbonyl (C=O) groups excluding carboxylic acids is 1. The number of carbonyl (C=O) groups is 1. The van der Waals surface area contributed by atoms with Crippen molar-refractivity contribution in [2.45, 2.75) is 0 Å². The van der Waals surface area contributed by atoms with Gasteiger partial charge < -0.3 is 20.1 Å². The van der Waals surface area contributed by atoms with Gasteiger partial charge in [-0.1, -0.05) is 34.8 Å². The second kappa shape index (κ2) is 8.33. The van der Waals surface area contributed by atoms with Crippen LogP contribution in [0.5, 0.6) is 11.5 Å². The van der Waals surface area contributed by atoms with E-state index in [2.05, 4.69) is 10.6 Å². The molecule has 24 heavy (non-hydrogen) atoms. The number of hydrogen-bond acceptors (Lipinski definition) is 4. The molecule has 0 saturated heterocycles. The molecule has 2 aromatic carbocycles. The SMILES string of the molecule is COc1cc(NC(=O)CNc2cc(Cl)ccc2Cl)c(OC)cc1Cl. The van der Waals surface area contributed by atoms with Gasteiger partial charge in [0.25, 0.3) is 0 Å². The summed E-state index contributed by atoms with van der Waals surface area (Å²) < 4.78 is 10.3. The van der Waals surface area contributed by atoms with Gasteiger partial charge in [-0.25, -0.2) is 0 Å². The average Bonchev–Trinajstić information content (AvgIpc) is 2.56. The summed E-state index contributed by atoms with van der Waals surface area (Å²) in [5.74, 6) is 0.558. The van der Waals surface area contributed by atoms with E-state index >= 15 is 0 Å². The molecule has 0 radical (unpaired) electrons. The Morgan fingerprint density at radius 1 is 0.958 bits per heavy atom. The van der Waals surface area contributed by atoms with E-state index < -0.39 is 0 Å². The molecule has 0 aromatic heterocycles. The van der Waals surface area contributed by atoms with Crippen molar-refractivity contribution in [3.63, 3.8) is 0 Å².